The minimum absolute atomic E-state index is 0.365. The molecule has 0 bridgehead atoms. The average Bonchev–Trinajstić information content (AvgIpc) is 2.23. The average molecular weight is 228 g/mol. The van der Waals surface area contributed by atoms with Gasteiger partial charge in [0, 0.05) is 11.1 Å². The monoisotopic (exact) mass is 227 g/mol. The van der Waals surface area contributed by atoms with Crippen molar-refractivity contribution in [3.63, 3.8) is 0 Å². The smallest absolute Gasteiger partial charge is 0.120 e. The largest absolute Gasteiger partial charge is 0.492 e. The Morgan fingerprint density at radius 1 is 1.47 bits per heavy atom. The predicted molar refractivity (Wildman–Crippen MR) is 64.7 cm³/mol. The van der Waals surface area contributed by atoms with E-state index in [4.69, 9.17) is 16.3 Å². The molecule has 1 aromatic rings. The summed E-state index contributed by atoms with van der Waals surface area (Å²) in [5, 5.41) is 4.07. The van der Waals surface area contributed by atoms with Gasteiger partial charge in [0.1, 0.15) is 12.4 Å². The zero-order valence-corrected chi connectivity index (χ0v) is 10.1. The fourth-order valence-electron chi connectivity index (χ4n) is 1.23. The van der Waals surface area contributed by atoms with Gasteiger partial charge in [-0.1, -0.05) is 24.6 Å². The first-order valence-corrected chi connectivity index (χ1v) is 5.72. The highest BCUT2D eigenvalue weighted by Gasteiger charge is 2.01. The summed E-state index contributed by atoms with van der Waals surface area (Å²) in [5.74, 6) is 0.827. The first kappa shape index (κ1) is 12.3. The van der Waals surface area contributed by atoms with Crippen LogP contribution in [0.5, 0.6) is 5.75 Å². The molecule has 84 valence electrons. The molecule has 15 heavy (non-hydrogen) atoms. The molecule has 3 heteroatoms. The molecule has 0 saturated carbocycles. The molecule has 0 radical (unpaired) electrons. The van der Waals surface area contributed by atoms with Crippen molar-refractivity contribution in [3.05, 3.63) is 29.3 Å². The molecule has 0 aliphatic rings. The number of hydrogen-bond donors (Lipinski definition) is 1. The van der Waals surface area contributed by atoms with Crippen molar-refractivity contribution < 1.29 is 4.74 Å². The van der Waals surface area contributed by atoms with Gasteiger partial charge in [0.05, 0.1) is 0 Å². The Morgan fingerprint density at radius 3 is 2.93 bits per heavy atom. The van der Waals surface area contributed by atoms with Crippen LogP contribution in [0, 0.1) is 0 Å². The number of nitrogens with one attached hydrogen (secondary N) is 1. The van der Waals surface area contributed by atoms with Crippen LogP contribution in [0.2, 0.25) is 5.02 Å². The van der Waals surface area contributed by atoms with Crippen LogP contribution in [-0.4, -0.2) is 19.2 Å². The standard InChI is InChI=1S/C12H18ClNO/c1-3-7-14-10(2)9-15-12-6-4-5-11(13)8-12/h4-6,8,10,14H,3,7,9H2,1-2H3. The third kappa shape index (κ3) is 5.05. The molecule has 1 atom stereocenters. The third-order valence-electron chi connectivity index (χ3n) is 2.04. The maximum atomic E-state index is 5.85. The van der Waals surface area contributed by atoms with Crippen LogP contribution in [0.15, 0.2) is 24.3 Å². The molecule has 0 fully saturated rings. The minimum atomic E-state index is 0.365. The molecule has 2 nitrogen and oxygen atoms in total. The van der Waals surface area contributed by atoms with Crippen LogP contribution < -0.4 is 10.1 Å². The molecule has 0 amide bonds. The summed E-state index contributed by atoms with van der Waals surface area (Å²) < 4.78 is 5.60. The first-order valence-electron chi connectivity index (χ1n) is 5.34. The Hall–Kier alpha value is -0.730. The maximum Gasteiger partial charge on any atom is 0.120 e. The van der Waals surface area contributed by atoms with Gasteiger partial charge in [0.25, 0.3) is 0 Å². The third-order valence-corrected chi connectivity index (χ3v) is 2.27. The van der Waals surface area contributed by atoms with E-state index >= 15 is 0 Å². The van der Waals surface area contributed by atoms with Crippen LogP contribution in [0.3, 0.4) is 0 Å². The summed E-state index contributed by atoms with van der Waals surface area (Å²) in [5.41, 5.74) is 0. The van der Waals surface area contributed by atoms with E-state index in [2.05, 4.69) is 19.2 Å². The lowest BCUT2D eigenvalue weighted by Gasteiger charge is -2.14. The van der Waals surface area contributed by atoms with Crippen molar-refractivity contribution in [2.75, 3.05) is 13.2 Å². The minimum Gasteiger partial charge on any atom is -0.492 e. The topological polar surface area (TPSA) is 21.3 Å². The number of halogens is 1. The number of hydrogen-bond acceptors (Lipinski definition) is 2. The second-order valence-electron chi connectivity index (χ2n) is 3.62. The molecule has 1 aromatic carbocycles. The lowest BCUT2D eigenvalue weighted by molar-refractivity contribution is 0.273. The molecule has 0 heterocycles. The SMILES string of the molecule is CCCNC(C)COc1cccc(Cl)c1. The Kier molecular flexibility index (Phi) is 5.51. The fourth-order valence-corrected chi connectivity index (χ4v) is 1.41. The quantitative estimate of drug-likeness (QED) is 0.807. The molecule has 0 aromatic heterocycles. The van der Waals surface area contributed by atoms with Gasteiger partial charge in [0.15, 0.2) is 0 Å². The van der Waals surface area contributed by atoms with Crippen molar-refractivity contribution in [1.82, 2.24) is 5.32 Å². The zero-order valence-electron chi connectivity index (χ0n) is 9.29. The highest BCUT2D eigenvalue weighted by atomic mass is 35.5. The van der Waals surface area contributed by atoms with E-state index in [1.165, 1.54) is 0 Å². The van der Waals surface area contributed by atoms with Gasteiger partial charge in [-0.3, -0.25) is 0 Å². The highest BCUT2D eigenvalue weighted by Crippen LogP contribution is 2.17. The summed E-state index contributed by atoms with van der Waals surface area (Å²) in [6.07, 6.45) is 1.14. The summed E-state index contributed by atoms with van der Waals surface area (Å²) in [4.78, 5) is 0. The lowest BCUT2D eigenvalue weighted by atomic mass is 10.3. The predicted octanol–water partition coefficient (Wildman–Crippen LogP) is 3.11. The summed E-state index contributed by atoms with van der Waals surface area (Å²) in [6, 6.07) is 7.84. The second-order valence-corrected chi connectivity index (χ2v) is 4.06. The fraction of sp³-hybridized carbons (Fsp3) is 0.500. The lowest BCUT2D eigenvalue weighted by Crippen LogP contribution is -2.32. The molecule has 1 N–H and O–H groups in total. The zero-order chi connectivity index (χ0) is 11.1. The van der Waals surface area contributed by atoms with E-state index in [9.17, 15) is 0 Å². The van der Waals surface area contributed by atoms with Gasteiger partial charge in [-0.25, -0.2) is 0 Å². The van der Waals surface area contributed by atoms with Crippen molar-refractivity contribution in [2.24, 2.45) is 0 Å². The van der Waals surface area contributed by atoms with Gasteiger partial charge in [0.2, 0.25) is 0 Å². The van der Waals surface area contributed by atoms with E-state index < -0.39 is 0 Å². The van der Waals surface area contributed by atoms with Gasteiger partial charge in [-0.2, -0.15) is 0 Å². The summed E-state index contributed by atoms with van der Waals surface area (Å²) >= 11 is 5.85. The molecule has 1 unspecified atom stereocenters. The normalized spacial score (nSPS) is 12.5. The Bertz CT molecular complexity index is 291. The van der Waals surface area contributed by atoms with Crippen molar-refractivity contribution in [1.29, 1.82) is 0 Å². The van der Waals surface area contributed by atoms with Gasteiger partial charge in [-0.15, -0.1) is 0 Å². The van der Waals surface area contributed by atoms with Crippen LogP contribution in [-0.2, 0) is 0 Å². The van der Waals surface area contributed by atoms with Crippen LogP contribution in [0.4, 0.5) is 0 Å². The summed E-state index contributed by atoms with van der Waals surface area (Å²) in [6.45, 7) is 5.96. The first-order chi connectivity index (χ1) is 7.22. The molecule has 1 rings (SSSR count). The van der Waals surface area contributed by atoms with E-state index in [1.807, 2.05) is 24.3 Å². The van der Waals surface area contributed by atoms with E-state index in [0.717, 1.165) is 18.7 Å². The van der Waals surface area contributed by atoms with Crippen LogP contribution in [0.25, 0.3) is 0 Å². The number of benzene rings is 1. The second kappa shape index (κ2) is 6.70. The van der Waals surface area contributed by atoms with Crippen LogP contribution in [0.1, 0.15) is 20.3 Å². The van der Waals surface area contributed by atoms with Gasteiger partial charge in [-0.05, 0) is 38.1 Å². The number of ether oxygens (including phenoxy) is 1. The van der Waals surface area contributed by atoms with E-state index in [0.29, 0.717) is 17.7 Å². The summed E-state index contributed by atoms with van der Waals surface area (Å²) in [7, 11) is 0. The Morgan fingerprint density at radius 2 is 2.27 bits per heavy atom. The molecule has 0 aliphatic heterocycles. The molecular weight excluding hydrogens is 210 g/mol. The molecule has 0 aliphatic carbocycles. The number of rotatable bonds is 6. The molecular formula is C12H18ClNO. The van der Waals surface area contributed by atoms with Crippen molar-refractivity contribution in [2.45, 2.75) is 26.3 Å². The van der Waals surface area contributed by atoms with E-state index in [1.54, 1.807) is 0 Å². The Balaban J connectivity index is 2.30. The Labute approximate surface area is 96.6 Å². The highest BCUT2D eigenvalue weighted by molar-refractivity contribution is 6.30. The van der Waals surface area contributed by atoms with E-state index in [-0.39, 0.29) is 0 Å². The van der Waals surface area contributed by atoms with Crippen molar-refractivity contribution >= 4 is 11.6 Å². The van der Waals surface area contributed by atoms with Gasteiger partial charge >= 0.3 is 0 Å². The van der Waals surface area contributed by atoms with Crippen LogP contribution >= 0.6 is 11.6 Å². The van der Waals surface area contributed by atoms with Crippen molar-refractivity contribution in [3.8, 4) is 5.75 Å². The molecule has 0 spiro atoms. The maximum absolute atomic E-state index is 5.85. The van der Waals surface area contributed by atoms with Gasteiger partial charge < -0.3 is 10.1 Å². The molecule has 0 saturated heterocycles.